The number of hydrogen-bond donors (Lipinski definition) is 2. The van der Waals surface area contributed by atoms with E-state index >= 15 is 0 Å². The Balaban J connectivity index is 0. The van der Waals surface area contributed by atoms with Gasteiger partial charge in [-0.1, -0.05) is 23.2 Å². The second kappa shape index (κ2) is 4.16. The zero-order valence-electron chi connectivity index (χ0n) is 4.28. The molecule has 0 heterocycles. The molecule has 0 radical (unpaired) electrons. The molecule has 0 fully saturated rings. The van der Waals surface area contributed by atoms with Crippen LogP contribution in [0.2, 0.25) is 0 Å². The summed E-state index contributed by atoms with van der Waals surface area (Å²) in [5, 5.41) is 15.9. The maximum absolute atomic E-state index is 9.82. The van der Waals surface area contributed by atoms with Crippen LogP contribution in [0, 0.1) is 0 Å². The fraction of sp³-hybridized carbons (Fsp3) is 0.333. The molecule has 10 heavy (non-hydrogen) atoms. The fourth-order valence-corrected chi connectivity index (χ4v) is 0.0915. The van der Waals surface area contributed by atoms with E-state index in [4.69, 9.17) is 33.4 Å². The van der Waals surface area contributed by atoms with Crippen LogP contribution in [0.15, 0.2) is 0 Å². The Labute approximate surface area is 80.4 Å². The Morgan fingerprint density at radius 1 is 1.10 bits per heavy atom. The number of carboxylic acid groups (broad SMARTS) is 2. The van der Waals surface area contributed by atoms with Crippen molar-refractivity contribution in [3.8, 4) is 0 Å². The number of carboxylic acids is 2. The van der Waals surface area contributed by atoms with Crippen LogP contribution >= 0.6 is 23.2 Å². The fourth-order valence-electron chi connectivity index (χ4n) is 0.0915. The molecule has 0 atom stereocenters. The summed E-state index contributed by atoms with van der Waals surface area (Å²) < 4.78 is -2.72. The van der Waals surface area contributed by atoms with Crippen molar-refractivity contribution in [2.45, 2.75) is 4.33 Å². The van der Waals surface area contributed by atoms with Crippen LogP contribution in [-0.4, -0.2) is 26.5 Å². The van der Waals surface area contributed by atoms with Crippen LogP contribution in [0.4, 0.5) is 0 Å². The van der Waals surface area contributed by atoms with E-state index in [1.54, 1.807) is 0 Å². The molecule has 0 saturated carbocycles. The van der Waals surface area contributed by atoms with Gasteiger partial charge in [0, 0.05) is 21.1 Å². The maximum Gasteiger partial charge on any atom is 0.352 e. The number of halogens is 2. The molecule has 0 rings (SSSR count). The predicted molar refractivity (Wildman–Crippen MR) is 29.7 cm³/mol. The van der Waals surface area contributed by atoms with Gasteiger partial charge in [0.15, 0.2) is 0 Å². The van der Waals surface area contributed by atoms with Gasteiger partial charge in [-0.15, -0.1) is 0 Å². The third kappa shape index (κ3) is 2.86. The Morgan fingerprint density at radius 3 is 1.30 bits per heavy atom. The molecule has 0 aromatic carbocycles. The first-order valence-electron chi connectivity index (χ1n) is 1.73. The second-order valence-electron chi connectivity index (χ2n) is 1.18. The number of carbonyl (C=O) groups is 2. The van der Waals surface area contributed by atoms with Gasteiger partial charge in [-0.25, -0.2) is 9.59 Å². The van der Waals surface area contributed by atoms with Crippen molar-refractivity contribution in [2.24, 2.45) is 0 Å². The standard InChI is InChI=1S/C3H2Cl2O4.Pt/c4-3(5,1(6)7)2(8)9;/h(H,6,7)(H,8,9);. The van der Waals surface area contributed by atoms with Crippen molar-refractivity contribution in [3.05, 3.63) is 0 Å². The van der Waals surface area contributed by atoms with Crippen LogP contribution in [0.5, 0.6) is 0 Å². The molecule has 62 valence electrons. The second-order valence-corrected chi connectivity index (χ2v) is 2.51. The number of alkyl halides is 2. The van der Waals surface area contributed by atoms with Crippen LogP contribution in [0.25, 0.3) is 0 Å². The van der Waals surface area contributed by atoms with Crippen molar-refractivity contribution in [3.63, 3.8) is 0 Å². The topological polar surface area (TPSA) is 74.6 Å². The molecule has 0 bridgehead atoms. The minimum Gasteiger partial charge on any atom is -0.479 e. The van der Waals surface area contributed by atoms with Gasteiger partial charge < -0.3 is 10.2 Å². The first-order valence-corrected chi connectivity index (χ1v) is 2.49. The monoisotopic (exact) mass is 367 g/mol. The number of rotatable bonds is 2. The largest absolute Gasteiger partial charge is 0.479 e. The normalized spacial score (nSPS) is 9.80. The van der Waals surface area contributed by atoms with Gasteiger partial charge >= 0.3 is 16.3 Å². The Morgan fingerprint density at radius 2 is 1.30 bits per heavy atom. The van der Waals surface area contributed by atoms with Crippen LogP contribution in [0.1, 0.15) is 0 Å². The molecule has 0 aromatic rings. The van der Waals surface area contributed by atoms with Crippen LogP contribution < -0.4 is 0 Å². The zero-order valence-corrected chi connectivity index (χ0v) is 8.07. The molecule has 0 aliphatic heterocycles. The minimum absolute atomic E-state index is 0. The van der Waals surface area contributed by atoms with E-state index in [-0.39, 0.29) is 21.1 Å². The van der Waals surface area contributed by atoms with Crippen molar-refractivity contribution in [2.75, 3.05) is 0 Å². The van der Waals surface area contributed by atoms with E-state index in [2.05, 4.69) is 0 Å². The molecule has 0 spiro atoms. The van der Waals surface area contributed by atoms with Gasteiger partial charge in [-0.05, 0) is 0 Å². The van der Waals surface area contributed by atoms with Gasteiger partial charge in [0.1, 0.15) is 0 Å². The summed E-state index contributed by atoms with van der Waals surface area (Å²) in [7, 11) is 0. The van der Waals surface area contributed by atoms with Crippen molar-refractivity contribution < 1.29 is 40.9 Å². The molecule has 7 heteroatoms. The van der Waals surface area contributed by atoms with Crippen LogP contribution in [-0.2, 0) is 30.7 Å². The molecular weight excluding hydrogens is 366 g/mol. The summed E-state index contributed by atoms with van der Waals surface area (Å²) in [4.78, 5) is 19.6. The molecule has 4 nitrogen and oxygen atoms in total. The first kappa shape index (κ1) is 12.8. The quantitative estimate of drug-likeness (QED) is 0.544. The molecule has 0 amide bonds. The van der Waals surface area contributed by atoms with E-state index < -0.39 is 16.3 Å². The molecule has 0 saturated heterocycles. The summed E-state index contributed by atoms with van der Waals surface area (Å²) in [6.07, 6.45) is 0. The third-order valence-corrected chi connectivity index (χ3v) is 1.18. The first-order chi connectivity index (χ1) is 3.89. The van der Waals surface area contributed by atoms with E-state index in [0.29, 0.717) is 0 Å². The summed E-state index contributed by atoms with van der Waals surface area (Å²) in [6.45, 7) is 0. The molecule has 0 aromatic heterocycles. The minimum atomic E-state index is -2.72. The van der Waals surface area contributed by atoms with E-state index in [1.807, 2.05) is 0 Å². The van der Waals surface area contributed by atoms with Crippen molar-refractivity contribution in [1.82, 2.24) is 0 Å². The number of hydrogen-bond acceptors (Lipinski definition) is 2. The smallest absolute Gasteiger partial charge is 0.352 e. The van der Waals surface area contributed by atoms with Gasteiger partial charge in [0.25, 0.3) is 0 Å². The summed E-state index contributed by atoms with van der Waals surface area (Å²) in [5.41, 5.74) is 0. The van der Waals surface area contributed by atoms with Gasteiger partial charge in [0.2, 0.25) is 0 Å². The number of aliphatic carboxylic acids is 2. The Hall–Kier alpha value is 0.208. The van der Waals surface area contributed by atoms with Gasteiger partial charge in [0.05, 0.1) is 0 Å². The van der Waals surface area contributed by atoms with E-state index in [1.165, 1.54) is 0 Å². The summed E-state index contributed by atoms with van der Waals surface area (Å²) in [6, 6.07) is 0. The predicted octanol–water partition coefficient (Wildman–Crippen LogP) is 0.327. The van der Waals surface area contributed by atoms with Gasteiger partial charge in [-0.3, -0.25) is 0 Å². The molecular formula is C3H2Cl2O4Pt. The maximum atomic E-state index is 9.82. The Kier molecular flexibility index (Phi) is 5.35. The summed E-state index contributed by atoms with van der Waals surface area (Å²) in [5.74, 6) is -3.59. The summed E-state index contributed by atoms with van der Waals surface area (Å²) >= 11 is 9.54. The van der Waals surface area contributed by atoms with E-state index in [9.17, 15) is 9.59 Å². The zero-order chi connectivity index (χ0) is 7.65. The molecule has 0 aliphatic carbocycles. The molecule has 2 N–H and O–H groups in total. The van der Waals surface area contributed by atoms with E-state index in [0.717, 1.165) is 0 Å². The Bertz CT molecular complexity index is 141. The molecule has 0 unspecified atom stereocenters. The van der Waals surface area contributed by atoms with Gasteiger partial charge in [-0.2, -0.15) is 0 Å². The van der Waals surface area contributed by atoms with Crippen molar-refractivity contribution >= 4 is 35.1 Å². The molecule has 0 aliphatic rings. The SMILES string of the molecule is O=C(O)C(Cl)(Cl)C(=O)O.[Pt]. The average Bonchev–Trinajstić information content (AvgIpc) is 1.65. The van der Waals surface area contributed by atoms with Crippen molar-refractivity contribution in [1.29, 1.82) is 0 Å². The third-order valence-electron chi connectivity index (χ3n) is 0.537. The van der Waals surface area contributed by atoms with Crippen LogP contribution in [0.3, 0.4) is 0 Å². The average molecular weight is 368 g/mol.